The average molecular weight is 315 g/mol. The van der Waals surface area contributed by atoms with E-state index in [0.717, 1.165) is 37.1 Å². The topological polar surface area (TPSA) is 55.1 Å². The molecule has 3 nitrogen and oxygen atoms in total. The minimum absolute atomic E-state index is 0. The van der Waals surface area contributed by atoms with Gasteiger partial charge in [-0.1, -0.05) is 12.1 Å². The Labute approximate surface area is 131 Å². The van der Waals surface area contributed by atoms with Crippen LogP contribution >= 0.6 is 24.2 Å². The van der Waals surface area contributed by atoms with Crippen LogP contribution in [0.5, 0.6) is 0 Å². The van der Waals surface area contributed by atoms with E-state index in [9.17, 15) is 4.79 Å². The zero-order chi connectivity index (χ0) is 13.7. The molecule has 0 bridgehead atoms. The van der Waals surface area contributed by atoms with Crippen molar-refractivity contribution in [1.82, 2.24) is 0 Å². The predicted octanol–water partition coefficient (Wildman–Crippen LogP) is 3.08. The maximum Gasteiger partial charge on any atom is 0.227 e. The molecule has 1 amide bonds. The first kappa shape index (κ1) is 17.3. The monoisotopic (exact) mass is 314 g/mol. The summed E-state index contributed by atoms with van der Waals surface area (Å²) in [6, 6.07) is 8.35. The number of carbonyl (C=O) groups excluding carboxylic acids is 1. The van der Waals surface area contributed by atoms with Crippen LogP contribution in [0.4, 0.5) is 5.69 Å². The molecular formula is C15H23ClN2OS. The summed E-state index contributed by atoms with van der Waals surface area (Å²) in [6.07, 6.45) is 5.88. The number of benzene rings is 1. The Kier molecular flexibility index (Phi) is 7.41. The van der Waals surface area contributed by atoms with Gasteiger partial charge in [0.2, 0.25) is 5.91 Å². The number of hydrogen-bond acceptors (Lipinski definition) is 3. The molecule has 1 fully saturated rings. The smallest absolute Gasteiger partial charge is 0.227 e. The predicted molar refractivity (Wildman–Crippen MR) is 89.7 cm³/mol. The normalized spacial score (nSPS) is 21.3. The fourth-order valence-electron chi connectivity index (χ4n) is 2.47. The van der Waals surface area contributed by atoms with E-state index in [0.29, 0.717) is 0 Å². The van der Waals surface area contributed by atoms with Crippen LogP contribution in [0.1, 0.15) is 24.8 Å². The molecule has 3 N–H and O–H groups in total. The Bertz CT molecular complexity index is 424. The molecule has 5 heteroatoms. The summed E-state index contributed by atoms with van der Waals surface area (Å²) in [5.74, 6) is 1.34. The van der Waals surface area contributed by atoms with Crippen LogP contribution < -0.4 is 11.1 Å². The van der Waals surface area contributed by atoms with E-state index in [4.69, 9.17) is 5.73 Å². The SMILES string of the molecule is CSCCc1ccc(NC(=O)C2CCC(N)C2)cc1.Cl. The molecular weight excluding hydrogens is 292 g/mol. The second kappa shape index (κ2) is 8.55. The van der Waals surface area contributed by atoms with Gasteiger partial charge in [0.1, 0.15) is 0 Å². The van der Waals surface area contributed by atoms with Crippen LogP contribution in [-0.2, 0) is 11.2 Å². The fraction of sp³-hybridized carbons (Fsp3) is 0.533. The van der Waals surface area contributed by atoms with Crippen molar-refractivity contribution in [3.05, 3.63) is 29.8 Å². The summed E-state index contributed by atoms with van der Waals surface area (Å²) in [4.78, 5) is 12.0. The highest BCUT2D eigenvalue weighted by atomic mass is 35.5. The number of nitrogens with two attached hydrogens (primary N) is 1. The van der Waals surface area contributed by atoms with Gasteiger partial charge in [0.15, 0.2) is 0 Å². The molecule has 1 saturated carbocycles. The van der Waals surface area contributed by atoms with E-state index in [1.807, 2.05) is 23.9 Å². The van der Waals surface area contributed by atoms with Gasteiger partial charge < -0.3 is 11.1 Å². The van der Waals surface area contributed by atoms with Crippen LogP contribution in [0.2, 0.25) is 0 Å². The first-order valence-electron chi connectivity index (χ1n) is 6.83. The number of amides is 1. The number of anilines is 1. The minimum atomic E-state index is 0. The highest BCUT2D eigenvalue weighted by Gasteiger charge is 2.27. The molecule has 0 aliphatic heterocycles. The summed E-state index contributed by atoms with van der Waals surface area (Å²) in [5, 5.41) is 2.99. The number of thioether (sulfide) groups is 1. The Morgan fingerprint density at radius 3 is 2.60 bits per heavy atom. The van der Waals surface area contributed by atoms with Crippen molar-refractivity contribution < 1.29 is 4.79 Å². The van der Waals surface area contributed by atoms with Crippen molar-refractivity contribution >= 4 is 35.8 Å². The highest BCUT2D eigenvalue weighted by Crippen LogP contribution is 2.25. The summed E-state index contributed by atoms with van der Waals surface area (Å²) < 4.78 is 0. The van der Waals surface area contributed by atoms with Crippen LogP contribution in [0, 0.1) is 5.92 Å². The standard InChI is InChI=1S/C15H22N2OS.ClH/c1-19-9-8-11-2-6-14(7-3-11)17-15(18)12-4-5-13(16)10-12;/h2-3,6-7,12-13H,4-5,8-10,16H2,1H3,(H,17,18);1H. The maximum absolute atomic E-state index is 12.0. The first-order chi connectivity index (χ1) is 9.19. The van der Waals surface area contributed by atoms with E-state index >= 15 is 0 Å². The highest BCUT2D eigenvalue weighted by molar-refractivity contribution is 7.98. The van der Waals surface area contributed by atoms with Gasteiger partial charge >= 0.3 is 0 Å². The van der Waals surface area contributed by atoms with Crippen LogP contribution in [0.25, 0.3) is 0 Å². The molecule has 2 atom stereocenters. The molecule has 2 rings (SSSR count). The van der Waals surface area contributed by atoms with Crippen molar-refractivity contribution in [2.24, 2.45) is 11.7 Å². The van der Waals surface area contributed by atoms with Crippen molar-refractivity contribution in [1.29, 1.82) is 0 Å². The number of hydrogen-bond donors (Lipinski definition) is 2. The molecule has 1 aromatic carbocycles. The lowest BCUT2D eigenvalue weighted by Gasteiger charge is -2.11. The molecule has 20 heavy (non-hydrogen) atoms. The molecule has 0 aromatic heterocycles. The zero-order valence-electron chi connectivity index (χ0n) is 11.8. The number of nitrogens with one attached hydrogen (secondary N) is 1. The van der Waals surface area contributed by atoms with Gasteiger partial charge in [-0.2, -0.15) is 11.8 Å². The van der Waals surface area contributed by atoms with E-state index in [1.165, 1.54) is 5.56 Å². The molecule has 0 saturated heterocycles. The van der Waals surface area contributed by atoms with Crippen LogP contribution in [0.3, 0.4) is 0 Å². The Morgan fingerprint density at radius 2 is 2.05 bits per heavy atom. The lowest BCUT2D eigenvalue weighted by molar-refractivity contribution is -0.119. The minimum Gasteiger partial charge on any atom is -0.328 e. The molecule has 0 radical (unpaired) electrons. The second-order valence-electron chi connectivity index (χ2n) is 5.20. The van der Waals surface area contributed by atoms with E-state index in [-0.39, 0.29) is 30.3 Å². The summed E-state index contributed by atoms with van der Waals surface area (Å²) in [7, 11) is 0. The van der Waals surface area contributed by atoms with Crippen LogP contribution in [0.15, 0.2) is 24.3 Å². The first-order valence-corrected chi connectivity index (χ1v) is 8.22. The average Bonchev–Trinajstić information content (AvgIpc) is 2.85. The molecule has 0 spiro atoms. The number of rotatable bonds is 5. The maximum atomic E-state index is 12.0. The largest absolute Gasteiger partial charge is 0.328 e. The van der Waals surface area contributed by atoms with Crippen molar-refractivity contribution in [2.45, 2.75) is 31.7 Å². The van der Waals surface area contributed by atoms with Gasteiger partial charge in [-0.3, -0.25) is 4.79 Å². The molecule has 1 aliphatic rings. The third-order valence-electron chi connectivity index (χ3n) is 3.66. The summed E-state index contributed by atoms with van der Waals surface area (Å²) in [6.45, 7) is 0. The van der Waals surface area contributed by atoms with E-state index in [1.54, 1.807) is 0 Å². The quantitative estimate of drug-likeness (QED) is 0.878. The Balaban J connectivity index is 0.00000200. The van der Waals surface area contributed by atoms with E-state index < -0.39 is 0 Å². The van der Waals surface area contributed by atoms with Gasteiger partial charge in [-0.15, -0.1) is 12.4 Å². The molecule has 112 valence electrons. The van der Waals surface area contributed by atoms with Gasteiger partial charge in [-0.25, -0.2) is 0 Å². The third kappa shape index (κ3) is 5.00. The summed E-state index contributed by atoms with van der Waals surface area (Å²) in [5.41, 5.74) is 8.04. The Hall–Kier alpha value is -0.710. The van der Waals surface area contributed by atoms with Gasteiger partial charge in [0.05, 0.1) is 0 Å². The summed E-state index contributed by atoms with van der Waals surface area (Å²) >= 11 is 1.85. The van der Waals surface area contributed by atoms with E-state index in [2.05, 4.69) is 23.7 Å². The lowest BCUT2D eigenvalue weighted by atomic mass is 10.1. The molecule has 2 unspecified atom stereocenters. The number of aryl methyl sites for hydroxylation is 1. The zero-order valence-corrected chi connectivity index (χ0v) is 13.4. The van der Waals surface area contributed by atoms with Gasteiger partial charge in [-0.05, 0) is 55.4 Å². The van der Waals surface area contributed by atoms with Crippen molar-refractivity contribution in [3.8, 4) is 0 Å². The number of carbonyl (C=O) groups is 1. The van der Waals surface area contributed by atoms with Gasteiger partial charge in [0, 0.05) is 17.6 Å². The van der Waals surface area contributed by atoms with Crippen LogP contribution in [-0.4, -0.2) is 24.0 Å². The molecule has 1 aromatic rings. The lowest BCUT2D eigenvalue weighted by Crippen LogP contribution is -2.23. The third-order valence-corrected chi connectivity index (χ3v) is 4.27. The fourth-order valence-corrected chi connectivity index (χ4v) is 2.91. The second-order valence-corrected chi connectivity index (χ2v) is 6.18. The van der Waals surface area contributed by atoms with Crippen molar-refractivity contribution in [3.63, 3.8) is 0 Å². The molecule has 1 aliphatic carbocycles. The number of halogens is 1. The Morgan fingerprint density at radius 1 is 1.35 bits per heavy atom. The van der Waals surface area contributed by atoms with Gasteiger partial charge in [0.25, 0.3) is 0 Å². The molecule has 0 heterocycles. The van der Waals surface area contributed by atoms with Crippen molar-refractivity contribution in [2.75, 3.05) is 17.3 Å².